The fourth-order valence-electron chi connectivity index (χ4n) is 3.17. The summed E-state index contributed by atoms with van der Waals surface area (Å²) in [4.78, 5) is 7.75. The predicted molar refractivity (Wildman–Crippen MR) is 77.2 cm³/mol. The molecule has 5 rings (SSSR count). The quantitative estimate of drug-likeness (QED) is 0.762. The number of hydrogen-bond acceptors (Lipinski definition) is 6. The SMILES string of the molecule is c1cc2c(cn1)SN=C(NC1CN3CCC1CC3)N2. The molecule has 3 fully saturated rings. The molecule has 1 unspecified atom stereocenters. The van der Waals surface area contributed by atoms with Crippen molar-refractivity contribution in [3.05, 3.63) is 18.5 Å². The standard InChI is InChI=1S/C13H17N5S/c1-4-14-7-12-10(1)15-13(17-19-12)16-11-8-18-5-2-9(11)3-6-18/h1,4,7,9,11H,2-3,5-6,8H2,(H2,15,16,17). The van der Waals surface area contributed by atoms with Crippen LogP contribution in [0.2, 0.25) is 0 Å². The Balaban J connectivity index is 1.46. The van der Waals surface area contributed by atoms with Gasteiger partial charge in [-0.05, 0) is 37.9 Å². The smallest absolute Gasteiger partial charge is 0.208 e. The van der Waals surface area contributed by atoms with E-state index >= 15 is 0 Å². The number of aromatic nitrogens is 1. The zero-order valence-electron chi connectivity index (χ0n) is 10.7. The summed E-state index contributed by atoms with van der Waals surface area (Å²) >= 11 is 1.49. The molecule has 1 aromatic heterocycles. The van der Waals surface area contributed by atoms with Gasteiger partial charge in [0.1, 0.15) is 0 Å². The number of guanidine groups is 1. The van der Waals surface area contributed by atoms with Crippen molar-refractivity contribution in [1.82, 2.24) is 15.2 Å². The maximum Gasteiger partial charge on any atom is 0.208 e. The molecular formula is C13H17N5S. The van der Waals surface area contributed by atoms with Crippen LogP contribution in [0.1, 0.15) is 12.8 Å². The lowest BCUT2D eigenvalue weighted by Crippen LogP contribution is -2.58. The average molecular weight is 275 g/mol. The van der Waals surface area contributed by atoms with Gasteiger partial charge >= 0.3 is 0 Å². The van der Waals surface area contributed by atoms with Crippen molar-refractivity contribution in [3.8, 4) is 0 Å². The minimum atomic E-state index is 0.540. The van der Waals surface area contributed by atoms with Gasteiger partial charge in [0.25, 0.3) is 0 Å². The van der Waals surface area contributed by atoms with E-state index in [4.69, 9.17) is 0 Å². The molecular weight excluding hydrogens is 258 g/mol. The van der Waals surface area contributed by atoms with Crippen molar-refractivity contribution in [2.75, 3.05) is 25.0 Å². The Bertz CT molecular complexity index is 510. The number of rotatable bonds is 1. The van der Waals surface area contributed by atoms with Crippen LogP contribution >= 0.6 is 11.9 Å². The Kier molecular flexibility index (Phi) is 2.85. The van der Waals surface area contributed by atoms with Gasteiger partial charge in [0, 0.05) is 36.9 Å². The largest absolute Gasteiger partial charge is 0.351 e. The lowest BCUT2D eigenvalue weighted by atomic mass is 9.84. The normalized spacial score (nSPS) is 32.2. The van der Waals surface area contributed by atoms with Crippen molar-refractivity contribution < 1.29 is 0 Å². The summed E-state index contributed by atoms with van der Waals surface area (Å²) in [6.45, 7) is 3.69. The van der Waals surface area contributed by atoms with Gasteiger partial charge in [-0.3, -0.25) is 4.98 Å². The van der Waals surface area contributed by atoms with Crippen LogP contribution in [0.5, 0.6) is 0 Å². The molecule has 6 heteroatoms. The number of piperidine rings is 3. The number of hydrogen-bond donors (Lipinski definition) is 2. The van der Waals surface area contributed by atoms with Crippen molar-refractivity contribution in [1.29, 1.82) is 0 Å². The third-order valence-corrected chi connectivity index (χ3v) is 5.05. The third-order valence-electron chi connectivity index (χ3n) is 4.25. The Hall–Kier alpha value is -1.27. The summed E-state index contributed by atoms with van der Waals surface area (Å²) in [5.41, 5.74) is 1.10. The minimum Gasteiger partial charge on any atom is -0.351 e. The third kappa shape index (κ3) is 2.19. The topological polar surface area (TPSA) is 52.6 Å². The van der Waals surface area contributed by atoms with Crippen LogP contribution in [-0.4, -0.2) is 41.5 Å². The zero-order valence-corrected chi connectivity index (χ0v) is 11.5. The first-order valence-electron chi connectivity index (χ1n) is 6.83. The van der Waals surface area contributed by atoms with Gasteiger partial charge in [-0.15, -0.1) is 0 Å². The maximum atomic E-state index is 4.50. The lowest BCUT2D eigenvalue weighted by Gasteiger charge is -2.45. The van der Waals surface area contributed by atoms with E-state index in [1.807, 2.05) is 18.5 Å². The van der Waals surface area contributed by atoms with Crippen LogP contribution in [-0.2, 0) is 0 Å². The van der Waals surface area contributed by atoms with E-state index in [1.54, 1.807) is 0 Å². The molecule has 1 aromatic rings. The van der Waals surface area contributed by atoms with Crippen LogP contribution in [0.3, 0.4) is 0 Å². The fourth-order valence-corrected chi connectivity index (χ4v) is 3.78. The van der Waals surface area contributed by atoms with Gasteiger partial charge in [0.15, 0.2) is 0 Å². The first kappa shape index (κ1) is 11.5. The summed E-state index contributed by atoms with van der Waals surface area (Å²) in [7, 11) is 0. The molecule has 19 heavy (non-hydrogen) atoms. The molecule has 2 bridgehead atoms. The highest BCUT2D eigenvalue weighted by molar-refractivity contribution is 7.98. The number of pyridine rings is 1. The highest BCUT2D eigenvalue weighted by Gasteiger charge is 2.34. The molecule has 5 nitrogen and oxygen atoms in total. The first-order chi connectivity index (χ1) is 9.38. The van der Waals surface area contributed by atoms with E-state index < -0.39 is 0 Å². The van der Waals surface area contributed by atoms with Gasteiger partial charge in [-0.1, -0.05) is 0 Å². The van der Waals surface area contributed by atoms with E-state index in [0.29, 0.717) is 6.04 Å². The molecule has 0 aliphatic carbocycles. The van der Waals surface area contributed by atoms with E-state index in [9.17, 15) is 0 Å². The Morgan fingerprint density at radius 2 is 2.26 bits per heavy atom. The summed E-state index contributed by atoms with van der Waals surface area (Å²) < 4.78 is 4.50. The summed E-state index contributed by atoms with van der Waals surface area (Å²) in [6, 6.07) is 2.53. The first-order valence-corrected chi connectivity index (χ1v) is 7.61. The van der Waals surface area contributed by atoms with Crippen molar-refractivity contribution in [2.45, 2.75) is 23.8 Å². The highest BCUT2D eigenvalue weighted by atomic mass is 32.2. The molecule has 0 amide bonds. The Morgan fingerprint density at radius 3 is 3.05 bits per heavy atom. The maximum absolute atomic E-state index is 4.50. The Labute approximate surface area is 117 Å². The molecule has 5 heterocycles. The Morgan fingerprint density at radius 1 is 1.37 bits per heavy atom. The van der Waals surface area contributed by atoms with Crippen LogP contribution in [0.25, 0.3) is 0 Å². The molecule has 4 aliphatic heterocycles. The molecule has 0 radical (unpaired) electrons. The summed E-state index contributed by atoms with van der Waals surface area (Å²) in [6.07, 6.45) is 6.29. The van der Waals surface area contributed by atoms with Crippen molar-refractivity contribution in [2.24, 2.45) is 10.3 Å². The van der Waals surface area contributed by atoms with E-state index in [2.05, 4.69) is 24.9 Å². The second kappa shape index (κ2) is 4.68. The fraction of sp³-hybridized carbons (Fsp3) is 0.538. The van der Waals surface area contributed by atoms with E-state index in [-0.39, 0.29) is 0 Å². The summed E-state index contributed by atoms with van der Waals surface area (Å²) in [5, 5.41) is 6.95. The summed E-state index contributed by atoms with van der Waals surface area (Å²) in [5.74, 6) is 1.70. The van der Waals surface area contributed by atoms with Crippen LogP contribution < -0.4 is 10.6 Å². The van der Waals surface area contributed by atoms with Crippen molar-refractivity contribution in [3.63, 3.8) is 0 Å². The zero-order chi connectivity index (χ0) is 12.7. The molecule has 0 spiro atoms. The number of fused-ring (bicyclic) bond motifs is 4. The van der Waals surface area contributed by atoms with Gasteiger partial charge in [-0.2, -0.15) is 4.40 Å². The predicted octanol–water partition coefficient (Wildman–Crippen LogP) is 1.55. The monoisotopic (exact) mass is 275 g/mol. The average Bonchev–Trinajstić information content (AvgIpc) is 2.48. The molecule has 4 aliphatic rings. The number of anilines is 1. The number of nitrogens with zero attached hydrogens (tertiary/aromatic N) is 3. The van der Waals surface area contributed by atoms with Crippen LogP contribution in [0, 0.1) is 5.92 Å². The van der Waals surface area contributed by atoms with E-state index in [0.717, 1.165) is 29.0 Å². The molecule has 1 atom stereocenters. The van der Waals surface area contributed by atoms with Gasteiger partial charge < -0.3 is 15.5 Å². The molecule has 2 N–H and O–H groups in total. The van der Waals surface area contributed by atoms with Crippen LogP contribution in [0.4, 0.5) is 5.69 Å². The molecule has 0 aromatic carbocycles. The van der Waals surface area contributed by atoms with E-state index in [1.165, 1.54) is 37.9 Å². The van der Waals surface area contributed by atoms with Crippen LogP contribution in [0.15, 0.2) is 27.8 Å². The number of nitrogens with one attached hydrogen (secondary N) is 2. The highest BCUT2D eigenvalue weighted by Crippen LogP contribution is 2.31. The lowest BCUT2D eigenvalue weighted by molar-refractivity contribution is 0.0813. The van der Waals surface area contributed by atoms with Gasteiger partial charge in [0.05, 0.1) is 10.6 Å². The molecule has 0 saturated carbocycles. The van der Waals surface area contributed by atoms with Gasteiger partial charge in [-0.25, -0.2) is 0 Å². The molecule has 100 valence electrons. The molecule has 3 saturated heterocycles. The second-order valence-electron chi connectivity index (χ2n) is 5.42. The van der Waals surface area contributed by atoms with Crippen molar-refractivity contribution >= 4 is 23.6 Å². The minimum absolute atomic E-state index is 0.540. The van der Waals surface area contributed by atoms with Gasteiger partial charge in [0.2, 0.25) is 5.96 Å². The second-order valence-corrected chi connectivity index (χ2v) is 6.22.